The monoisotopic (exact) mass is 394 g/mol. The first-order chi connectivity index (χ1) is 14.1. The van der Waals surface area contributed by atoms with Crippen LogP contribution in [0.3, 0.4) is 0 Å². The van der Waals surface area contributed by atoms with Gasteiger partial charge in [0.15, 0.2) is 0 Å². The number of carbonyl (C=O) groups is 2. The zero-order valence-corrected chi connectivity index (χ0v) is 16.6. The van der Waals surface area contributed by atoms with Crippen LogP contribution in [0.2, 0.25) is 0 Å². The summed E-state index contributed by atoms with van der Waals surface area (Å²) < 4.78 is 6.02. The summed E-state index contributed by atoms with van der Waals surface area (Å²) in [5, 5.41) is 2.98. The summed E-state index contributed by atoms with van der Waals surface area (Å²) in [6.07, 6.45) is 5.37. The number of hydrogen-bond donors (Lipinski definition) is 1. The minimum absolute atomic E-state index is 0.0161. The van der Waals surface area contributed by atoms with E-state index in [4.69, 9.17) is 4.74 Å². The van der Waals surface area contributed by atoms with Gasteiger partial charge in [-0.1, -0.05) is 0 Å². The molecule has 2 aliphatic heterocycles. The largest absolute Gasteiger partial charge is 0.490 e. The smallest absolute Gasteiger partial charge is 0.231 e. The SMILES string of the molecule is CC(=O)N1CCC(Oc2ccc(NC(=O)C3CN(c4cccnc4)C3)cc2)CC1. The Kier molecular flexibility index (Phi) is 5.64. The highest BCUT2D eigenvalue weighted by molar-refractivity contribution is 5.94. The van der Waals surface area contributed by atoms with Crippen LogP contribution in [0.4, 0.5) is 11.4 Å². The van der Waals surface area contributed by atoms with Gasteiger partial charge < -0.3 is 19.9 Å². The van der Waals surface area contributed by atoms with Crippen LogP contribution in [0.5, 0.6) is 5.75 Å². The molecule has 2 saturated heterocycles. The van der Waals surface area contributed by atoms with E-state index in [-0.39, 0.29) is 23.8 Å². The van der Waals surface area contributed by atoms with Crippen LogP contribution in [0, 0.1) is 5.92 Å². The standard InChI is InChI=1S/C22H26N4O3/c1-16(27)25-11-8-21(9-12-25)29-20-6-4-18(5-7-20)24-22(28)17-14-26(15-17)19-3-2-10-23-13-19/h2-7,10,13,17,21H,8-9,11-12,14-15H2,1H3,(H,24,28). The van der Waals surface area contributed by atoms with Crippen molar-refractivity contribution < 1.29 is 14.3 Å². The summed E-state index contributed by atoms with van der Waals surface area (Å²) in [6.45, 7) is 4.50. The van der Waals surface area contributed by atoms with Crippen molar-refractivity contribution in [2.75, 3.05) is 36.4 Å². The Morgan fingerprint density at radius 1 is 1.10 bits per heavy atom. The molecule has 2 amide bonds. The van der Waals surface area contributed by atoms with Gasteiger partial charge in [-0.25, -0.2) is 0 Å². The molecule has 2 aliphatic rings. The molecule has 7 heteroatoms. The Labute approximate surface area is 170 Å². The van der Waals surface area contributed by atoms with Crippen molar-refractivity contribution in [3.8, 4) is 5.75 Å². The van der Waals surface area contributed by atoms with E-state index < -0.39 is 0 Å². The minimum Gasteiger partial charge on any atom is -0.490 e. The van der Waals surface area contributed by atoms with Gasteiger partial charge in [-0.15, -0.1) is 0 Å². The number of benzene rings is 1. The number of likely N-dealkylation sites (tertiary alicyclic amines) is 1. The van der Waals surface area contributed by atoms with E-state index in [2.05, 4.69) is 15.2 Å². The van der Waals surface area contributed by atoms with Crippen molar-refractivity contribution >= 4 is 23.2 Å². The van der Waals surface area contributed by atoms with E-state index >= 15 is 0 Å². The molecular weight excluding hydrogens is 368 g/mol. The maximum absolute atomic E-state index is 12.4. The number of pyridine rings is 1. The van der Waals surface area contributed by atoms with Crippen LogP contribution in [0.15, 0.2) is 48.8 Å². The highest BCUT2D eigenvalue weighted by Crippen LogP contribution is 2.25. The average Bonchev–Trinajstić information content (AvgIpc) is 2.69. The van der Waals surface area contributed by atoms with E-state index in [9.17, 15) is 9.59 Å². The lowest BCUT2D eigenvalue weighted by Gasteiger charge is -2.39. The van der Waals surface area contributed by atoms with Gasteiger partial charge in [0, 0.05) is 57.8 Å². The molecule has 4 rings (SSSR count). The summed E-state index contributed by atoms with van der Waals surface area (Å²) in [4.78, 5) is 32.0. The Morgan fingerprint density at radius 3 is 2.45 bits per heavy atom. The summed E-state index contributed by atoms with van der Waals surface area (Å²) in [7, 11) is 0. The highest BCUT2D eigenvalue weighted by Gasteiger charge is 2.32. The zero-order valence-electron chi connectivity index (χ0n) is 16.6. The number of piperidine rings is 1. The van der Waals surface area contributed by atoms with Crippen LogP contribution in [-0.4, -0.2) is 54.0 Å². The van der Waals surface area contributed by atoms with Gasteiger partial charge in [-0.05, 0) is 36.4 Å². The molecule has 0 bridgehead atoms. The van der Waals surface area contributed by atoms with E-state index in [1.807, 2.05) is 47.5 Å². The van der Waals surface area contributed by atoms with E-state index in [1.54, 1.807) is 13.1 Å². The molecule has 0 aliphatic carbocycles. The quantitative estimate of drug-likeness (QED) is 0.844. The Hall–Kier alpha value is -3.09. The average molecular weight is 394 g/mol. The second-order valence-corrected chi connectivity index (χ2v) is 7.65. The molecule has 3 heterocycles. The van der Waals surface area contributed by atoms with Gasteiger partial charge in [0.05, 0.1) is 17.8 Å². The molecule has 0 atom stereocenters. The van der Waals surface area contributed by atoms with Gasteiger partial charge in [-0.2, -0.15) is 0 Å². The molecule has 0 unspecified atom stereocenters. The molecule has 1 aromatic heterocycles. The van der Waals surface area contributed by atoms with Crippen LogP contribution >= 0.6 is 0 Å². The third kappa shape index (κ3) is 4.67. The predicted molar refractivity (Wildman–Crippen MR) is 111 cm³/mol. The van der Waals surface area contributed by atoms with Crippen molar-refractivity contribution in [3.05, 3.63) is 48.8 Å². The Bertz CT molecular complexity index is 842. The highest BCUT2D eigenvalue weighted by atomic mass is 16.5. The van der Waals surface area contributed by atoms with E-state index in [0.29, 0.717) is 13.1 Å². The lowest BCUT2D eigenvalue weighted by atomic mass is 9.98. The van der Waals surface area contributed by atoms with Gasteiger partial charge in [0.2, 0.25) is 11.8 Å². The molecule has 2 fully saturated rings. The number of anilines is 2. The molecule has 1 N–H and O–H groups in total. The third-order valence-electron chi connectivity index (χ3n) is 5.58. The molecule has 1 aromatic carbocycles. The molecule has 0 spiro atoms. The number of hydrogen-bond acceptors (Lipinski definition) is 5. The zero-order chi connectivity index (χ0) is 20.2. The van der Waals surface area contributed by atoms with Crippen molar-refractivity contribution in [3.63, 3.8) is 0 Å². The first-order valence-corrected chi connectivity index (χ1v) is 10.1. The minimum atomic E-state index is -0.0161. The summed E-state index contributed by atoms with van der Waals surface area (Å²) in [5.74, 6) is 0.933. The normalized spacial score (nSPS) is 17.6. The molecule has 152 valence electrons. The molecule has 0 radical (unpaired) electrons. The third-order valence-corrected chi connectivity index (χ3v) is 5.58. The first kappa shape index (κ1) is 19.2. The number of ether oxygens (including phenoxy) is 1. The lowest BCUT2D eigenvalue weighted by Crippen LogP contribution is -2.52. The lowest BCUT2D eigenvalue weighted by molar-refractivity contribution is -0.130. The fraction of sp³-hybridized carbons (Fsp3) is 0.409. The fourth-order valence-corrected chi connectivity index (χ4v) is 3.74. The number of aromatic nitrogens is 1. The maximum atomic E-state index is 12.4. The summed E-state index contributed by atoms with van der Waals surface area (Å²) in [5.41, 5.74) is 1.82. The van der Waals surface area contributed by atoms with Crippen LogP contribution in [0.25, 0.3) is 0 Å². The van der Waals surface area contributed by atoms with Crippen molar-refractivity contribution in [2.24, 2.45) is 5.92 Å². The molecular formula is C22H26N4O3. The van der Waals surface area contributed by atoms with Crippen molar-refractivity contribution in [1.29, 1.82) is 0 Å². The van der Waals surface area contributed by atoms with E-state index in [0.717, 1.165) is 43.1 Å². The van der Waals surface area contributed by atoms with Crippen LogP contribution in [0.1, 0.15) is 19.8 Å². The maximum Gasteiger partial charge on any atom is 0.231 e. The summed E-state index contributed by atoms with van der Waals surface area (Å²) >= 11 is 0. The molecule has 29 heavy (non-hydrogen) atoms. The molecule has 0 saturated carbocycles. The predicted octanol–water partition coefficient (Wildman–Crippen LogP) is 2.55. The van der Waals surface area contributed by atoms with Crippen molar-refractivity contribution in [1.82, 2.24) is 9.88 Å². The number of nitrogens with one attached hydrogen (secondary N) is 1. The number of carbonyl (C=O) groups excluding carboxylic acids is 2. The summed E-state index contributed by atoms with van der Waals surface area (Å²) in [6, 6.07) is 11.4. The van der Waals surface area contributed by atoms with Gasteiger partial charge in [-0.3, -0.25) is 14.6 Å². The second kappa shape index (κ2) is 8.51. The molecule has 2 aromatic rings. The van der Waals surface area contributed by atoms with E-state index in [1.165, 1.54) is 0 Å². The van der Waals surface area contributed by atoms with Crippen molar-refractivity contribution in [2.45, 2.75) is 25.9 Å². The van der Waals surface area contributed by atoms with Gasteiger partial charge in [0.25, 0.3) is 0 Å². The Morgan fingerprint density at radius 2 is 1.83 bits per heavy atom. The fourth-order valence-electron chi connectivity index (χ4n) is 3.74. The Balaban J connectivity index is 1.23. The van der Waals surface area contributed by atoms with Gasteiger partial charge in [0.1, 0.15) is 11.9 Å². The first-order valence-electron chi connectivity index (χ1n) is 10.1. The number of amides is 2. The number of nitrogens with zero attached hydrogens (tertiary/aromatic N) is 3. The van der Waals surface area contributed by atoms with Crippen LogP contribution in [-0.2, 0) is 9.59 Å². The van der Waals surface area contributed by atoms with Crippen LogP contribution < -0.4 is 15.0 Å². The molecule has 7 nitrogen and oxygen atoms in total. The second-order valence-electron chi connectivity index (χ2n) is 7.65. The van der Waals surface area contributed by atoms with Gasteiger partial charge >= 0.3 is 0 Å². The number of rotatable bonds is 5. The topological polar surface area (TPSA) is 74.8 Å².